The molecule has 0 saturated heterocycles. The first kappa shape index (κ1) is 25.2. The van der Waals surface area contributed by atoms with Gasteiger partial charge in [0.15, 0.2) is 0 Å². The number of carbonyl (C=O) groups excluding carboxylic acids is 1. The van der Waals surface area contributed by atoms with Gasteiger partial charge in [-0.25, -0.2) is 0 Å². The third-order valence-corrected chi connectivity index (χ3v) is 4.88. The van der Waals surface area contributed by atoms with Crippen LogP contribution in [0.2, 0.25) is 0 Å². The predicted molar refractivity (Wildman–Crippen MR) is 121 cm³/mol. The highest BCUT2D eigenvalue weighted by Gasteiger charge is 2.17. The molecule has 0 spiro atoms. The maximum Gasteiger partial charge on any atom is 0.253 e. The van der Waals surface area contributed by atoms with E-state index in [0.29, 0.717) is 25.2 Å². The highest BCUT2D eigenvalue weighted by Crippen LogP contribution is 2.10. The Morgan fingerprint density at radius 2 is 2.03 bits per heavy atom. The van der Waals surface area contributed by atoms with Crippen molar-refractivity contribution in [2.75, 3.05) is 46.4 Å². The minimum absolute atomic E-state index is 0.00920. The molecule has 0 aromatic heterocycles. The van der Waals surface area contributed by atoms with E-state index in [0.717, 1.165) is 43.8 Å². The number of carbonyl (C=O) groups is 1. The fraction of sp³-hybridized carbons (Fsp3) is 0.636. The molecule has 1 amide bonds. The van der Waals surface area contributed by atoms with E-state index in [9.17, 15) is 4.79 Å². The topological polar surface area (TPSA) is 103 Å². The SMILES string of the molecule is CC(CCNCCO)=NCCC(C)(C)NCCN(C)C(=O)c1cccc(CN)c1. The van der Waals surface area contributed by atoms with Gasteiger partial charge in [-0.1, -0.05) is 12.1 Å². The highest BCUT2D eigenvalue weighted by atomic mass is 16.3. The molecule has 0 atom stereocenters. The lowest BCUT2D eigenvalue weighted by Crippen LogP contribution is -2.44. The van der Waals surface area contributed by atoms with Gasteiger partial charge in [-0.3, -0.25) is 9.79 Å². The van der Waals surface area contributed by atoms with Crippen LogP contribution < -0.4 is 16.4 Å². The fourth-order valence-electron chi connectivity index (χ4n) is 2.88. The van der Waals surface area contributed by atoms with Crippen molar-refractivity contribution in [2.24, 2.45) is 10.7 Å². The zero-order valence-electron chi connectivity index (χ0n) is 18.5. The lowest BCUT2D eigenvalue weighted by molar-refractivity contribution is 0.0792. The number of aliphatic imine (C=N–C) groups is 1. The van der Waals surface area contributed by atoms with Crippen LogP contribution in [0, 0.1) is 0 Å². The van der Waals surface area contributed by atoms with E-state index in [1.807, 2.05) is 38.2 Å². The van der Waals surface area contributed by atoms with Gasteiger partial charge in [0, 0.05) is 63.1 Å². The standard InChI is InChI=1S/C22H39N5O2/c1-18(8-10-24-13-15-28)25-11-9-22(2,3)26-12-14-27(4)21(29)20-7-5-6-19(16-20)17-23/h5-7,16,24,26,28H,8-15,17,23H2,1-4H3. The number of likely N-dealkylation sites (N-methyl/N-ethyl adjacent to an activating group) is 1. The largest absolute Gasteiger partial charge is 0.395 e. The summed E-state index contributed by atoms with van der Waals surface area (Å²) in [6.07, 6.45) is 1.82. The third kappa shape index (κ3) is 10.5. The summed E-state index contributed by atoms with van der Waals surface area (Å²) >= 11 is 0. The number of rotatable bonds is 14. The molecule has 1 rings (SSSR count). The Balaban J connectivity index is 2.34. The normalized spacial score (nSPS) is 12.3. The van der Waals surface area contributed by atoms with Crippen molar-refractivity contribution >= 4 is 11.6 Å². The number of aliphatic hydroxyl groups excluding tert-OH is 1. The van der Waals surface area contributed by atoms with Crippen molar-refractivity contribution in [1.82, 2.24) is 15.5 Å². The van der Waals surface area contributed by atoms with Crippen molar-refractivity contribution < 1.29 is 9.90 Å². The van der Waals surface area contributed by atoms with Crippen LogP contribution in [0.25, 0.3) is 0 Å². The van der Waals surface area contributed by atoms with Gasteiger partial charge in [-0.05, 0) is 51.3 Å². The minimum Gasteiger partial charge on any atom is -0.395 e. The summed E-state index contributed by atoms with van der Waals surface area (Å²) < 4.78 is 0. The summed E-state index contributed by atoms with van der Waals surface area (Å²) in [5.41, 5.74) is 8.37. The van der Waals surface area contributed by atoms with E-state index in [2.05, 4.69) is 29.5 Å². The zero-order valence-corrected chi connectivity index (χ0v) is 18.5. The van der Waals surface area contributed by atoms with Gasteiger partial charge in [-0.15, -0.1) is 0 Å². The molecule has 0 saturated carbocycles. The van der Waals surface area contributed by atoms with Gasteiger partial charge < -0.3 is 26.4 Å². The Bertz CT molecular complexity index is 646. The second-order valence-electron chi connectivity index (χ2n) is 8.03. The molecule has 0 bridgehead atoms. The number of nitrogens with one attached hydrogen (secondary N) is 2. The average Bonchev–Trinajstić information content (AvgIpc) is 2.70. The Hall–Kier alpha value is -1.80. The molecular weight excluding hydrogens is 366 g/mol. The smallest absolute Gasteiger partial charge is 0.253 e. The number of amides is 1. The number of benzene rings is 1. The first-order valence-corrected chi connectivity index (χ1v) is 10.4. The molecule has 1 aromatic carbocycles. The molecule has 0 heterocycles. The highest BCUT2D eigenvalue weighted by molar-refractivity contribution is 5.94. The van der Waals surface area contributed by atoms with E-state index < -0.39 is 0 Å². The maximum atomic E-state index is 12.6. The third-order valence-electron chi connectivity index (χ3n) is 4.88. The van der Waals surface area contributed by atoms with Crippen molar-refractivity contribution in [3.8, 4) is 0 Å². The Labute approximate surface area is 175 Å². The summed E-state index contributed by atoms with van der Waals surface area (Å²) in [4.78, 5) is 18.9. The molecule has 29 heavy (non-hydrogen) atoms. The Morgan fingerprint density at radius 1 is 1.28 bits per heavy atom. The van der Waals surface area contributed by atoms with Crippen LogP contribution in [0.15, 0.2) is 29.3 Å². The average molecular weight is 406 g/mol. The first-order valence-electron chi connectivity index (χ1n) is 10.4. The molecule has 0 aliphatic carbocycles. The van der Waals surface area contributed by atoms with Crippen LogP contribution in [0.4, 0.5) is 0 Å². The summed E-state index contributed by atoms with van der Waals surface area (Å²) in [5.74, 6) is 0.00920. The molecular formula is C22H39N5O2. The zero-order chi connectivity index (χ0) is 21.7. The number of nitrogens with zero attached hydrogens (tertiary/aromatic N) is 2. The van der Waals surface area contributed by atoms with Gasteiger partial charge in [0.25, 0.3) is 5.91 Å². The van der Waals surface area contributed by atoms with Gasteiger partial charge in [0.1, 0.15) is 0 Å². The van der Waals surface area contributed by atoms with Gasteiger partial charge in [0.2, 0.25) is 0 Å². The fourth-order valence-corrected chi connectivity index (χ4v) is 2.88. The molecule has 0 aliphatic heterocycles. The summed E-state index contributed by atoms with van der Waals surface area (Å²) in [5, 5.41) is 15.4. The van der Waals surface area contributed by atoms with Crippen LogP contribution >= 0.6 is 0 Å². The van der Waals surface area contributed by atoms with Crippen molar-refractivity contribution in [2.45, 2.75) is 45.7 Å². The molecule has 0 radical (unpaired) electrons. The number of nitrogens with two attached hydrogens (primary N) is 1. The lowest BCUT2D eigenvalue weighted by Gasteiger charge is -2.27. The quantitative estimate of drug-likeness (QED) is 0.277. The molecule has 5 N–H and O–H groups in total. The molecule has 0 aliphatic rings. The van der Waals surface area contributed by atoms with Crippen LogP contribution in [-0.2, 0) is 6.54 Å². The monoisotopic (exact) mass is 405 g/mol. The maximum absolute atomic E-state index is 12.6. The van der Waals surface area contributed by atoms with Gasteiger partial charge in [0.05, 0.1) is 6.61 Å². The number of hydrogen-bond donors (Lipinski definition) is 4. The first-order chi connectivity index (χ1) is 13.8. The number of aliphatic hydroxyl groups is 1. The van der Waals surface area contributed by atoms with E-state index in [1.165, 1.54) is 0 Å². The molecule has 7 nitrogen and oxygen atoms in total. The summed E-state index contributed by atoms with van der Waals surface area (Å²) in [6.45, 7) is 10.5. The molecule has 164 valence electrons. The lowest BCUT2D eigenvalue weighted by atomic mass is 10.0. The van der Waals surface area contributed by atoms with Gasteiger partial charge in [-0.2, -0.15) is 0 Å². The van der Waals surface area contributed by atoms with E-state index in [1.54, 1.807) is 4.90 Å². The van der Waals surface area contributed by atoms with E-state index >= 15 is 0 Å². The van der Waals surface area contributed by atoms with Crippen LogP contribution in [-0.4, -0.2) is 73.5 Å². The second-order valence-corrected chi connectivity index (χ2v) is 8.03. The second kappa shape index (κ2) is 13.4. The van der Waals surface area contributed by atoms with E-state index in [4.69, 9.17) is 10.8 Å². The summed E-state index contributed by atoms with van der Waals surface area (Å²) in [6, 6.07) is 7.48. The molecule has 0 unspecified atom stereocenters. The van der Waals surface area contributed by atoms with Crippen molar-refractivity contribution in [3.05, 3.63) is 35.4 Å². The molecule has 0 fully saturated rings. The van der Waals surface area contributed by atoms with Crippen LogP contribution in [0.3, 0.4) is 0 Å². The molecule has 7 heteroatoms. The minimum atomic E-state index is -0.0533. The van der Waals surface area contributed by atoms with E-state index in [-0.39, 0.29) is 18.1 Å². The molecule has 1 aromatic rings. The Morgan fingerprint density at radius 3 is 2.72 bits per heavy atom. The number of hydrogen-bond acceptors (Lipinski definition) is 6. The van der Waals surface area contributed by atoms with Crippen LogP contribution in [0.1, 0.15) is 49.5 Å². The van der Waals surface area contributed by atoms with Crippen LogP contribution in [0.5, 0.6) is 0 Å². The van der Waals surface area contributed by atoms with Gasteiger partial charge >= 0.3 is 0 Å². The van der Waals surface area contributed by atoms with Crippen molar-refractivity contribution in [1.29, 1.82) is 0 Å². The predicted octanol–water partition coefficient (Wildman–Crippen LogP) is 1.41. The summed E-state index contributed by atoms with van der Waals surface area (Å²) in [7, 11) is 1.82. The van der Waals surface area contributed by atoms with Crippen molar-refractivity contribution in [3.63, 3.8) is 0 Å². The Kier molecular flexibility index (Phi) is 11.7.